The Balaban J connectivity index is 2.86. The molecule has 0 unspecified atom stereocenters. The Labute approximate surface area is 90.8 Å². The van der Waals surface area contributed by atoms with Gasteiger partial charge in [0, 0.05) is 16.1 Å². The zero-order chi connectivity index (χ0) is 11.1. The largest absolute Gasteiger partial charge is 0.493 e. The molecule has 0 saturated heterocycles. The second-order valence-corrected chi connectivity index (χ2v) is 5.40. The van der Waals surface area contributed by atoms with Crippen molar-refractivity contribution < 1.29 is 17.6 Å². The van der Waals surface area contributed by atoms with Gasteiger partial charge in [0.05, 0.1) is 18.3 Å². The lowest BCUT2D eigenvalue weighted by Gasteiger charge is -2.02. The summed E-state index contributed by atoms with van der Waals surface area (Å²) in [5, 5.41) is 0.421. The van der Waals surface area contributed by atoms with Gasteiger partial charge in [-0.25, -0.2) is 8.42 Å². The third-order valence-electron chi connectivity index (χ3n) is 2.02. The quantitative estimate of drug-likeness (QED) is 0.764. The van der Waals surface area contributed by atoms with Gasteiger partial charge < -0.3 is 9.15 Å². The Hall–Kier alpha value is -1.20. The molecular formula is C9H7ClO4S. The normalized spacial score (nSPS) is 11.9. The molecule has 0 spiro atoms. The molecule has 4 nitrogen and oxygen atoms in total. The molecule has 6 heteroatoms. The topological polar surface area (TPSA) is 56.5 Å². The van der Waals surface area contributed by atoms with E-state index in [9.17, 15) is 8.42 Å². The number of furan rings is 1. The van der Waals surface area contributed by atoms with Gasteiger partial charge in [-0.1, -0.05) is 0 Å². The van der Waals surface area contributed by atoms with Gasteiger partial charge in [-0.3, -0.25) is 0 Å². The predicted molar refractivity (Wildman–Crippen MR) is 55.8 cm³/mol. The molecule has 0 radical (unpaired) electrons. The van der Waals surface area contributed by atoms with Crippen molar-refractivity contribution in [1.82, 2.24) is 0 Å². The van der Waals surface area contributed by atoms with E-state index in [1.54, 1.807) is 0 Å². The van der Waals surface area contributed by atoms with Crippen LogP contribution in [0.5, 0.6) is 5.75 Å². The second-order valence-electron chi connectivity index (χ2n) is 2.87. The molecule has 0 aliphatic carbocycles. The molecule has 80 valence electrons. The smallest absolute Gasteiger partial charge is 0.262 e. The van der Waals surface area contributed by atoms with Gasteiger partial charge >= 0.3 is 0 Å². The summed E-state index contributed by atoms with van der Waals surface area (Å²) in [5.41, 5.74) is 0.374. The van der Waals surface area contributed by atoms with Gasteiger partial charge in [0.2, 0.25) is 0 Å². The van der Waals surface area contributed by atoms with Crippen LogP contribution in [0.2, 0.25) is 0 Å². The Morgan fingerprint density at radius 2 is 2.07 bits per heavy atom. The number of ether oxygens (including phenoxy) is 1. The van der Waals surface area contributed by atoms with Crippen LogP contribution in [-0.4, -0.2) is 15.5 Å². The molecule has 0 aliphatic rings. The average molecular weight is 247 g/mol. The van der Waals surface area contributed by atoms with Crippen LogP contribution in [0.1, 0.15) is 0 Å². The Kier molecular flexibility index (Phi) is 2.36. The highest BCUT2D eigenvalue weighted by molar-refractivity contribution is 8.14. The van der Waals surface area contributed by atoms with E-state index in [1.165, 1.54) is 31.6 Å². The van der Waals surface area contributed by atoms with Gasteiger partial charge in [0.1, 0.15) is 0 Å². The second kappa shape index (κ2) is 3.43. The lowest BCUT2D eigenvalue weighted by molar-refractivity contribution is 0.410. The molecule has 2 rings (SSSR count). The highest BCUT2D eigenvalue weighted by atomic mass is 35.7. The summed E-state index contributed by atoms with van der Waals surface area (Å²) >= 11 is 0. The fourth-order valence-electron chi connectivity index (χ4n) is 1.38. The summed E-state index contributed by atoms with van der Waals surface area (Å²) in [6.07, 6.45) is 1.39. The van der Waals surface area contributed by atoms with E-state index in [0.717, 1.165) is 0 Å². The minimum Gasteiger partial charge on any atom is -0.493 e. The average Bonchev–Trinajstić information content (AvgIpc) is 2.62. The molecule has 0 aliphatic heterocycles. The zero-order valence-corrected chi connectivity index (χ0v) is 9.30. The molecule has 2 aromatic rings. The van der Waals surface area contributed by atoms with E-state index in [1.807, 2.05) is 0 Å². The van der Waals surface area contributed by atoms with Crippen LogP contribution in [0.15, 0.2) is 33.8 Å². The number of hydrogen-bond acceptors (Lipinski definition) is 4. The van der Waals surface area contributed by atoms with Gasteiger partial charge in [0.15, 0.2) is 11.3 Å². The maximum absolute atomic E-state index is 11.2. The van der Waals surface area contributed by atoms with Crippen molar-refractivity contribution in [2.45, 2.75) is 4.90 Å². The van der Waals surface area contributed by atoms with E-state index in [4.69, 9.17) is 19.8 Å². The predicted octanol–water partition coefficient (Wildman–Crippen LogP) is 2.37. The fraction of sp³-hybridized carbons (Fsp3) is 0.111. The minimum absolute atomic E-state index is 0.0220. The molecule has 0 bridgehead atoms. The van der Waals surface area contributed by atoms with Crippen LogP contribution in [0.4, 0.5) is 0 Å². The Morgan fingerprint density at radius 1 is 1.33 bits per heavy atom. The number of rotatable bonds is 2. The van der Waals surface area contributed by atoms with Gasteiger partial charge in [-0.05, 0) is 18.2 Å². The van der Waals surface area contributed by atoms with Gasteiger partial charge in [-0.15, -0.1) is 0 Å². The van der Waals surface area contributed by atoms with Crippen LogP contribution < -0.4 is 4.74 Å². The monoisotopic (exact) mass is 246 g/mol. The summed E-state index contributed by atoms with van der Waals surface area (Å²) < 4.78 is 32.6. The number of methoxy groups -OCH3 is 1. The first kappa shape index (κ1) is 10.3. The standard InChI is InChI=1S/C9H7ClO4S/c1-13-7-2-3-8(15(10,11)12)6-4-5-14-9(6)7/h2-5H,1H3. The van der Waals surface area contributed by atoms with Crippen molar-refractivity contribution in [2.75, 3.05) is 7.11 Å². The summed E-state index contributed by atoms with van der Waals surface area (Å²) in [4.78, 5) is 0.0220. The molecule has 0 saturated carbocycles. The zero-order valence-electron chi connectivity index (χ0n) is 7.73. The van der Waals surface area contributed by atoms with Crippen molar-refractivity contribution in [1.29, 1.82) is 0 Å². The Morgan fingerprint density at radius 3 is 2.67 bits per heavy atom. The van der Waals surface area contributed by atoms with Crippen molar-refractivity contribution in [2.24, 2.45) is 0 Å². The van der Waals surface area contributed by atoms with Gasteiger partial charge in [0.25, 0.3) is 9.05 Å². The minimum atomic E-state index is -3.77. The number of benzene rings is 1. The summed E-state index contributed by atoms with van der Waals surface area (Å²) in [5.74, 6) is 0.471. The summed E-state index contributed by atoms with van der Waals surface area (Å²) in [7, 11) is 2.99. The van der Waals surface area contributed by atoms with Crippen LogP contribution in [0, 0.1) is 0 Å². The summed E-state index contributed by atoms with van der Waals surface area (Å²) in [6.45, 7) is 0. The molecular weight excluding hydrogens is 240 g/mol. The van der Waals surface area contributed by atoms with Crippen LogP contribution in [0.25, 0.3) is 11.0 Å². The molecule has 1 aromatic heterocycles. The molecule has 0 amide bonds. The first-order chi connectivity index (χ1) is 7.04. The lowest BCUT2D eigenvalue weighted by atomic mass is 10.2. The van der Waals surface area contributed by atoms with E-state index in [2.05, 4.69) is 0 Å². The maximum atomic E-state index is 11.2. The van der Waals surface area contributed by atoms with Crippen molar-refractivity contribution in [3.8, 4) is 5.75 Å². The van der Waals surface area contributed by atoms with E-state index in [-0.39, 0.29) is 4.90 Å². The van der Waals surface area contributed by atoms with Crippen molar-refractivity contribution in [3.63, 3.8) is 0 Å². The highest BCUT2D eigenvalue weighted by Gasteiger charge is 2.18. The van der Waals surface area contributed by atoms with E-state index >= 15 is 0 Å². The number of fused-ring (bicyclic) bond motifs is 1. The molecule has 1 aromatic carbocycles. The lowest BCUT2D eigenvalue weighted by Crippen LogP contribution is -1.92. The molecule has 0 fully saturated rings. The third-order valence-corrected chi connectivity index (χ3v) is 3.40. The van der Waals surface area contributed by atoms with Crippen molar-refractivity contribution >= 4 is 30.7 Å². The first-order valence-corrected chi connectivity index (χ1v) is 6.34. The maximum Gasteiger partial charge on any atom is 0.262 e. The Bertz CT molecular complexity index is 600. The first-order valence-electron chi connectivity index (χ1n) is 4.03. The highest BCUT2D eigenvalue weighted by Crippen LogP contribution is 2.33. The van der Waals surface area contributed by atoms with Crippen LogP contribution in [0.3, 0.4) is 0 Å². The van der Waals surface area contributed by atoms with Gasteiger partial charge in [-0.2, -0.15) is 0 Å². The number of halogens is 1. The van der Waals surface area contributed by atoms with E-state index in [0.29, 0.717) is 16.7 Å². The molecule has 0 atom stereocenters. The molecule has 15 heavy (non-hydrogen) atoms. The SMILES string of the molecule is COc1ccc(S(=O)(=O)Cl)c2ccoc12. The molecule has 0 N–H and O–H groups in total. The van der Waals surface area contributed by atoms with Crippen LogP contribution in [-0.2, 0) is 9.05 Å². The molecule has 1 heterocycles. The fourth-order valence-corrected chi connectivity index (χ4v) is 2.44. The summed E-state index contributed by atoms with van der Waals surface area (Å²) in [6, 6.07) is 4.42. The number of hydrogen-bond donors (Lipinski definition) is 0. The van der Waals surface area contributed by atoms with Crippen LogP contribution >= 0.6 is 10.7 Å². The van der Waals surface area contributed by atoms with E-state index < -0.39 is 9.05 Å². The third kappa shape index (κ3) is 1.68. The van der Waals surface area contributed by atoms with Crippen molar-refractivity contribution in [3.05, 3.63) is 24.5 Å².